The van der Waals surface area contributed by atoms with E-state index in [1.165, 1.54) is 34.3 Å². The fourth-order valence-corrected chi connectivity index (χ4v) is 4.14. The van der Waals surface area contributed by atoms with Gasteiger partial charge < -0.3 is 19.5 Å². The number of urea groups is 1. The lowest BCUT2D eigenvalue weighted by Gasteiger charge is -2.27. The average Bonchev–Trinajstić information content (AvgIpc) is 2.95. The molecule has 0 radical (unpaired) electrons. The van der Waals surface area contributed by atoms with Crippen LogP contribution in [0.3, 0.4) is 0 Å². The maximum absolute atomic E-state index is 13.6. The van der Waals surface area contributed by atoms with Crippen LogP contribution < -0.4 is 10.7 Å². The second kappa shape index (κ2) is 12.7. The van der Waals surface area contributed by atoms with Gasteiger partial charge in [0.15, 0.2) is 5.43 Å². The van der Waals surface area contributed by atoms with Gasteiger partial charge in [-0.2, -0.15) is 0 Å². The Labute approximate surface area is 226 Å². The maximum Gasteiger partial charge on any atom is 0.322 e. The highest BCUT2D eigenvalue weighted by Crippen LogP contribution is 2.16. The van der Waals surface area contributed by atoms with Crippen molar-refractivity contribution in [3.63, 3.8) is 0 Å². The first kappa shape index (κ1) is 27.3. The van der Waals surface area contributed by atoms with Crippen molar-refractivity contribution in [1.29, 1.82) is 0 Å². The van der Waals surface area contributed by atoms with E-state index in [-0.39, 0.29) is 31.6 Å². The van der Waals surface area contributed by atoms with Crippen LogP contribution in [0, 0.1) is 5.82 Å². The molecule has 4 rings (SSSR count). The second-order valence-electron chi connectivity index (χ2n) is 9.11. The summed E-state index contributed by atoms with van der Waals surface area (Å²) >= 11 is 0. The summed E-state index contributed by atoms with van der Waals surface area (Å²) in [6, 6.07) is 19.7. The van der Waals surface area contributed by atoms with Crippen LogP contribution in [0.5, 0.6) is 0 Å². The lowest BCUT2D eigenvalue weighted by atomic mass is 10.1. The number of fused-ring (bicyclic) bond motifs is 1. The molecule has 0 atom stereocenters. The van der Waals surface area contributed by atoms with Crippen LogP contribution in [0.1, 0.15) is 23.6 Å². The summed E-state index contributed by atoms with van der Waals surface area (Å²) in [5, 5.41) is 3.23. The van der Waals surface area contributed by atoms with Gasteiger partial charge in [0.05, 0.1) is 23.8 Å². The van der Waals surface area contributed by atoms with E-state index in [9.17, 15) is 18.8 Å². The van der Waals surface area contributed by atoms with Crippen LogP contribution in [0.15, 0.2) is 101 Å². The van der Waals surface area contributed by atoms with Crippen molar-refractivity contribution in [2.75, 3.05) is 18.4 Å². The van der Waals surface area contributed by atoms with Crippen LogP contribution >= 0.6 is 0 Å². The highest BCUT2D eigenvalue weighted by Gasteiger charge is 2.23. The van der Waals surface area contributed by atoms with Gasteiger partial charge in [0.25, 0.3) is 0 Å². The molecule has 3 amide bonds. The lowest BCUT2D eigenvalue weighted by Crippen LogP contribution is -2.44. The monoisotopic (exact) mass is 527 g/mol. The summed E-state index contributed by atoms with van der Waals surface area (Å²) in [6.45, 7) is 5.69. The van der Waals surface area contributed by atoms with Crippen molar-refractivity contribution in [2.24, 2.45) is 0 Å². The Bertz CT molecular complexity index is 1510. The first-order chi connectivity index (χ1) is 18.9. The van der Waals surface area contributed by atoms with Crippen molar-refractivity contribution in [3.8, 4) is 0 Å². The highest BCUT2D eigenvalue weighted by molar-refractivity contribution is 5.92. The molecule has 1 heterocycles. The van der Waals surface area contributed by atoms with Gasteiger partial charge in [-0.15, -0.1) is 6.58 Å². The van der Waals surface area contributed by atoms with E-state index < -0.39 is 17.8 Å². The quantitative estimate of drug-likeness (QED) is 0.267. The van der Waals surface area contributed by atoms with Crippen molar-refractivity contribution in [2.45, 2.75) is 26.4 Å². The normalized spacial score (nSPS) is 10.7. The molecule has 0 aliphatic rings. The number of amides is 3. The number of nitrogens with zero attached hydrogens (tertiary/aromatic N) is 2. The Balaban J connectivity index is 1.57. The predicted octanol–water partition coefficient (Wildman–Crippen LogP) is 5.74. The Kier molecular flexibility index (Phi) is 8.89. The molecule has 39 heavy (non-hydrogen) atoms. The third-order valence-corrected chi connectivity index (χ3v) is 6.33. The molecule has 0 aliphatic carbocycles. The van der Waals surface area contributed by atoms with Crippen molar-refractivity contribution < 1.29 is 18.4 Å². The number of anilines is 1. The summed E-state index contributed by atoms with van der Waals surface area (Å²) < 4.78 is 19.1. The molecule has 0 bridgehead atoms. The molecule has 0 saturated carbocycles. The summed E-state index contributed by atoms with van der Waals surface area (Å²) in [7, 11) is 0. The number of rotatable bonds is 10. The van der Waals surface area contributed by atoms with Gasteiger partial charge in [-0.25, -0.2) is 9.18 Å². The Morgan fingerprint density at radius 2 is 1.64 bits per heavy atom. The number of carbonyl (C=O) groups excluding carboxylic acids is 2. The third-order valence-electron chi connectivity index (χ3n) is 6.33. The van der Waals surface area contributed by atoms with Crippen molar-refractivity contribution in [3.05, 3.63) is 124 Å². The van der Waals surface area contributed by atoms with Gasteiger partial charge in [0.2, 0.25) is 5.91 Å². The number of carbonyl (C=O) groups is 2. The van der Waals surface area contributed by atoms with Crippen molar-refractivity contribution >= 4 is 28.6 Å². The van der Waals surface area contributed by atoms with Crippen LogP contribution in [0.25, 0.3) is 11.0 Å². The molecule has 4 aromatic rings. The Hall–Kier alpha value is -4.72. The second-order valence-corrected chi connectivity index (χ2v) is 9.11. The van der Waals surface area contributed by atoms with Crippen LogP contribution in [-0.4, -0.2) is 34.8 Å². The lowest BCUT2D eigenvalue weighted by molar-refractivity contribution is -0.133. The van der Waals surface area contributed by atoms with E-state index in [1.54, 1.807) is 36.4 Å². The van der Waals surface area contributed by atoms with Gasteiger partial charge >= 0.3 is 6.03 Å². The first-order valence-electron chi connectivity index (χ1n) is 12.6. The summed E-state index contributed by atoms with van der Waals surface area (Å²) in [5.74, 6) is -0.794. The van der Waals surface area contributed by atoms with Crippen LogP contribution in [-0.2, 0) is 24.3 Å². The van der Waals surface area contributed by atoms with E-state index >= 15 is 0 Å². The molecule has 1 N–H and O–H groups in total. The van der Waals surface area contributed by atoms with Crippen LogP contribution in [0.4, 0.5) is 14.9 Å². The van der Waals surface area contributed by atoms with Gasteiger partial charge in [0, 0.05) is 18.8 Å². The molecule has 1 aromatic heterocycles. The van der Waals surface area contributed by atoms with Gasteiger partial charge in [-0.1, -0.05) is 49.4 Å². The zero-order valence-corrected chi connectivity index (χ0v) is 21.7. The number of benzene rings is 3. The smallest absolute Gasteiger partial charge is 0.322 e. The molecule has 0 unspecified atom stereocenters. The molecule has 0 saturated heterocycles. The first-order valence-corrected chi connectivity index (χ1v) is 12.6. The number of aryl methyl sites for hydroxylation is 1. The molecular formula is C31H30FN3O4. The molecule has 3 aromatic carbocycles. The number of hydrogen-bond acceptors (Lipinski definition) is 4. The zero-order valence-electron chi connectivity index (χ0n) is 21.7. The molecule has 0 aliphatic heterocycles. The average molecular weight is 528 g/mol. The van der Waals surface area contributed by atoms with E-state index in [0.717, 1.165) is 12.0 Å². The van der Waals surface area contributed by atoms with E-state index in [0.29, 0.717) is 27.8 Å². The van der Waals surface area contributed by atoms with Gasteiger partial charge in [-0.05, 0) is 53.9 Å². The molecule has 200 valence electrons. The predicted molar refractivity (Wildman–Crippen MR) is 150 cm³/mol. The molecule has 0 fully saturated rings. The SMILES string of the molecule is C=CCN(CC(=O)N(Cc1ccc(F)cc1)Cc1coc2ccccc2c1=O)C(=O)Nc1ccc(CC)cc1. The largest absolute Gasteiger partial charge is 0.464 e. The Morgan fingerprint density at radius 3 is 2.33 bits per heavy atom. The maximum atomic E-state index is 13.6. The fourth-order valence-electron chi connectivity index (χ4n) is 4.14. The molecule has 0 spiro atoms. The number of para-hydroxylation sites is 1. The molecule has 8 heteroatoms. The van der Waals surface area contributed by atoms with E-state index in [1.807, 2.05) is 31.2 Å². The zero-order chi connectivity index (χ0) is 27.8. The molecular weight excluding hydrogens is 497 g/mol. The minimum absolute atomic E-state index is 0.0502. The van der Waals surface area contributed by atoms with E-state index in [4.69, 9.17) is 4.42 Å². The van der Waals surface area contributed by atoms with Gasteiger partial charge in [0.1, 0.15) is 17.9 Å². The van der Waals surface area contributed by atoms with E-state index in [2.05, 4.69) is 11.9 Å². The number of halogens is 1. The minimum Gasteiger partial charge on any atom is -0.464 e. The fraction of sp³-hybridized carbons (Fsp3) is 0.194. The number of nitrogens with one attached hydrogen (secondary N) is 1. The standard InChI is InChI=1S/C31H30FN3O4/c1-3-17-34(31(38)33-26-15-11-22(4-2)12-16-26)20-29(36)35(18-23-9-13-25(32)14-10-23)19-24-21-39-28-8-6-5-7-27(28)30(24)37/h3,5-16,21H,1,4,17-20H2,2H3,(H,33,38). The highest BCUT2D eigenvalue weighted by atomic mass is 19.1. The van der Waals surface area contributed by atoms with Crippen molar-refractivity contribution in [1.82, 2.24) is 9.80 Å². The summed E-state index contributed by atoms with van der Waals surface area (Å²) in [5.41, 5.74) is 2.91. The molecule has 7 nitrogen and oxygen atoms in total. The minimum atomic E-state index is -0.459. The summed E-state index contributed by atoms with van der Waals surface area (Å²) in [4.78, 5) is 42.6. The third kappa shape index (κ3) is 6.98. The van der Waals surface area contributed by atoms with Gasteiger partial charge in [-0.3, -0.25) is 9.59 Å². The topological polar surface area (TPSA) is 82.9 Å². The Morgan fingerprint density at radius 1 is 0.949 bits per heavy atom. The number of hydrogen-bond donors (Lipinski definition) is 1. The van der Waals surface area contributed by atoms with Crippen LogP contribution in [0.2, 0.25) is 0 Å². The summed E-state index contributed by atoms with van der Waals surface area (Å²) in [6.07, 6.45) is 3.77.